The minimum absolute atomic E-state index is 0.570. The number of fused-ring (bicyclic) bond motifs is 21. The van der Waals surface area contributed by atoms with Crippen LogP contribution in [0, 0.1) is 34.6 Å². The lowest BCUT2D eigenvalue weighted by atomic mass is 9.70. The van der Waals surface area contributed by atoms with E-state index in [2.05, 4.69) is 337 Å². The summed E-state index contributed by atoms with van der Waals surface area (Å²) in [5.74, 6) is 3.66. The molecule has 0 fully saturated rings. The molecule has 4 aliphatic rings. The third-order valence-corrected chi connectivity index (χ3v) is 25.5. The van der Waals surface area contributed by atoms with Gasteiger partial charge in [0.1, 0.15) is 5.82 Å². The number of hydrogen-bond acceptors (Lipinski definition) is 8. The Balaban J connectivity index is 0.630. The molecule has 0 saturated carbocycles. The highest BCUT2D eigenvalue weighted by molar-refractivity contribution is 6.07. The van der Waals surface area contributed by atoms with Crippen LogP contribution in [0.2, 0.25) is 0 Å². The van der Waals surface area contributed by atoms with Gasteiger partial charge in [-0.05, 0) is 244 Å². The maximum absolute atomic E-state index is 5.46. The van der Waals surface area contributed by atoms with Gasteiger partial charge in [0.2, 0.25) is 0 Å². The van der Waals surface area contributed by atoms with Crippen LogP contribution in [0.4, 0.5) is 0 Å². The molecular formula is C110H76N8. The first-order valence-corrected chi connectivity index (χ1v) is 40.5. The van der Waals surface area contributed by atoms with Crippen LogP contribution in [0.15, 0.2) is 335 Å². The van der Waals surface area contributed by atoms with Crippen molar-refractivity contribution < 1.29 is 0 Å². The van der Waals surface area contributed by atoms with Crippen LogP contribution in [-0.2, 0) is 10.8 Å². The van der Waals surface area contributed by atoms with Gasteiger partial charge in [-0.1, -0.05) is 292 Å². The van der Waals surface area contributed by atoms with Gasteiger partial charge in [0.05, 0.1) is 10.8 Å². The summed E-state index contributed by atoms with van der Waals surface area (Å²) in [4.78, 5) is 41.7. The van der Waals surface area contributed by atoms with Crippen LogP contribution in [-0.4, -0.2) is 39.9 Å². The molecule has 0 saturated heterocycles. The molecular weight excluding hydrogens is 1430 g/mol. The molecule has 2 atom stereocenters. The fourth-order valence-electron chi connectivity index (χ4n) is 20.2. The van der Waals surface area contributed by atoms with Gasteiger partial charge < -0.3 is 0 Å². The molecule has 8 nitrogen and oxygen atoms in total. The fraction of sp³-hybridized carbons (Fsp3) is 0.0727. The van der Waals surface area contributed by atoms with Crippen molar-refractivity contribution in [2.24, 2.45) is 0 Å². The Kier molecular flexibility index (Phi) is 16.1. The van der Waals surface area contributed by atoms with E-state index in [0.29, 0.717) is 34.9 Å². The molecule has 0 amide bonds. The van der Waals surface area contributed by atoms with E-state index in [1.807, 2.05) is 56.6 Å². The summed E-state index contributed by atoms with van der Waals surface area (Å²) in [6.45, 7) is 16.9. The highest BCUT2D eigenvalue weighted by atomic mass is 15.0. The van der Waals surface area contributed by atoms with E-state index in [-0.39, 0.29) is 0 Å². The first-order chi connectivity index (χ1) is 58.0. The molecule has 556 valence electrons. The van der Waals surface area contributed by atoms with Gasteiger partial charge in [-0.15, -0.1) is 0 Å². The highest BCUT2D eigenvalue weighted by Crippen LogP contribution is 2.66. The van der Waals surface area contributed by atoms with E-state index in [9.17, 15) is 0 Å². The number of pyridine rings is 2. The van der Waals surface area contributed by atoms with Crippen LogP contribution in [0.3, 0.4) is 0 Å². The standard InChI is InChI=1S/C110H76N8/c1-8-27-77-69(9-2)30-26-41-90(77)108-116-104(70-28-11-10-12-29-70)115-106(118-108)76-48-52-88-84-39-19-23-44-97(84)110(102(88)60-76)96-43-22-18-38-83(96)87-51-47-74(59-101(87)110)78-33-13-14-34-79(78)94-63-112-67(6)103(66(94)5)89-53-54-91(81-36-16-15-35-80(81)89)107-114-68(7)113-105(117-107)75-49-55-99-92(57-75)85-40-20-24-45-98(85)109(99)95-42-21-17-37-82(95)86-50-46-72(58-100(86)109)71-31-25-32-73(56-71)93-62-111-61-64(3)65(93)4/h8-63H,2H2,1,3-7H3/b27-8-. The summed E-state index contributed by atoms with van der Waals surface area (Å²) in [7, 11) is 0. The summed E-state index contributed by atoms with van der Waals surface area (Å²) in [5, 5.41) is 2.12. The monoisotopic (exact) mass is 1510 g/mol. The maximum atomic E-state index is 5.46. The quantitative estimate of drug-likeness (QED) is 0.119. The molecule has 4 aliphatic carbocycles. The molecule has 22 rings (SSSR count). The van der Waals surface area contributed by atoms with Crippen LogP contribution in [0.1, 0.15) is 90.8 Å². The molecule has 0 aliphatic heterocycles. The molecule has 0 radical (unpaired) electrons. The number of aromatic nitrogens is 8. The normalized spacial score (nSPS) is 14.8. The number of aryl methyl sites for hydroxylation is 3. The smallest absolute Gasteiger partial charge is 0.164 e. The Hall–Kier alpha value is -14.9. The van der Waals surface area contributed by atoms with Crippen molar-refractivity contribution in [1.29, 1.82) is 0 Å². The lowest BCUT2D eigenvalue weighted by Crippen LogP contribution is -2.26. The first-order valence-electron chi connectivity index (χ1n) is 40.5. The number of allylic oxidation sites excluding steroid dienone is 1. The zero-order valence-electron chi connectivity index (χ0n) is 66.1. The third kappa shape index (κ3) is 10.4. The maximum Gasteiger partial charge on any atom is 0.164 e. The predicted molar refractivity (Wildman–Crippen MR) is 482 cm³/mol. The number of rotatable bonds is 12. The fourth-order valence-corrected chi connectivity index (χ4v) is 20.2. The minimum Gasteiger partial charge on any atom is -0.264 e. The van der Waals surface area contributed by atoms with Gasteiger partial charge in [-0.3, -0.25) is 9.97 Å². The van der Waals surface area contributed by atoms with Gasteiger partial charge >= 0.3 is 0 Å². The van der Waals surface area contributed by atoms with Gasteiger partial charge in [0.25, 0.3) is 0 Å². The molecule has 2 unspecified atom stereocenters. The largest absolute Gasteiger partial charge is 0.264 e. The van der Waals surface area contributed by atoms with Gasteiger partial charge in [-0.25, -0.2) is 29.9 Å². The van der Waals surface area contributed by atoms with Gasteiger partial charge in [0.15, 0.2) is 29.1 Å². The lowest BCUT2D eigenvalue weighted by molar-refractivity contribution is 0.794. The first kappa shape index (κ1) is 69.8. The molecule has 18 aromatic rings. The van der Waals surface area contributed by atoms with Crippen molar-refractivity contribution in [3.8, 4) is 157 Å². The van der Waals surface area contributed by atoms with Gasteiger partial charge in [0, 0.05) is 68.8 Å². The topological polar surface area (TPSA) is 103 Å². The molecule has 0 N–H and O–H groups in total. The van der Waals surface area contributed by atoms with E-state index < -0.39 is 10.8 Å². The van der Waals surface area contributed by atoms with Crippen molar-refractivity contribution in [1.82, 2.24) is 39.9 Å². The van der Waals surface area contributed by atoms with Crippen LogP contribution in [0.25, 0.3) is 180 Å². The lowest BCUT2D eigenvalue weighted by Gasteiger charge is -2.31. The second-order valence-electron chi connectivity index (χ2n) is 31.7. The Labute approximate surface area is 686 Å². The van der Waals surface area contributed by atoms with E-state index in [1.54, 1.807) is 0 Å². The third-order valence-electron chi connectivity index (χ3n) is 25.5. The number of nitrogens with zero attached hydrogens (tertiary/aromatic N) is 8. The molecule has 14 aromatic carbocycles. The molecule has 8 heteroatoms. The van der Waals surface area contributed by atoms with Crippen LogP contribution >= 0.6 is 0 Å². The molecule has 4 aromatic heterocycles. The molecule has 2 spiro atoms. The molecule has 4 heterocycles. The second kappa shape index (κ2) is 27.2. The second-order valence-corrected chi connectivity index (χ2v) is 31.7. The van der Waals surface area contributed by atoms with Crippen molar-refractivity contribution in [2.45, 2.75) is 52.4 Å². The summed E-state index contributed by atoms with van der Waals surface area (Å²) in [6, 6.07) is 111. The average Bonchev–Trinajstić information content (AvgIpc) is 1.51. The van der Waals surface area contributed by atoms with E-state index in [4.69, 9.17) is 34.9 Å². The Morgan fingerprint density at radius 2 is 0.712 bits per heavy atom. The zero-order chi connectivity index (χ0) is 79.2. The van der Waals surface area contributed by atoms with E-state index >= 15 is 0 Å². The summed E-state index contributed by atoms with van der Waals surface area (Å²) in [5.41, 5.74) is 40.7. The van der Waals surface area contributed by atoms with Crippen molar-refractivity contribution >= 4 is 22.9 Å². The van der Waals surface area contributed by atoms with Crippen molar-refractivity contribution in [3.05, 3.63) is 418 Å². The predicted octanol–water partition coefficient (Wildman–Crippen LogP) is 26.6. The molecule has 118 heavy (non-hydrogen) atoms. The highest BCUT2D eigenvalue weighted by Gasteiger charge is 2.54. The average molecular weight is 1510 g/mol. The van der Waals surface area contributed by atoms with Crippen molar-refractivity contribution in [2.75, 3.05) is 0 Å². The van der Waals surface area contributed by atoms with E-state index in [0.717, 1.165) is 111 Å². The summed E-state index contributed by atoms with van der Waals surface area (Å²) in [6.07, 6.45) is 12.1. The van der Waals surface area contributed by atoms with E-state index in [1.165, 1.54) is 106 Å². The summed E-state index contributed by atoms with van der Waals surface area (Å²) >= 11 is 0. The Morgan fingerprint density at radius 1 is 0.280 bits per heavy atom. The zero-order valence-corrected chi connectivity index (χ0v) is 66.1. The van der Waals surface area contributed by atoms with Crippen LogP contribution < -0.4 is 0 Å². The Morgan fingerprint density at radius 3 is 1.37 bits per heavy atom. The SMILES string of the molecule is C=Cc1cccc(-c2nc(-c3ccccc3)nc(-c3ccc4c(c3)C3(c5ccccc5-4)c4ccccc4-c4ccc(-c5ccccc5-c5cnc(C)c(-c6ccc(-c7nc(C)nc(-c8ccc9c(c8)-c8ccccc8C98c9ccccc9-c9ccc(-c%10cccc(-c%11cncc(C)c%11C)c%10)cc98)n7)c7ccccc67)c5C)cc43)n2)c1/C=C\C. The minimum atomic E-state index is -0.699. The summed E-state index contributed by atoms with van der Waals surface area (Å²) < 4.78 is 0. The van der Waals surface area contributed by atoms with Crippen molar-refractivity contribution in [3.63, 3.8) is 0 Å². The van der Waals surface area contributed by atoms with Gasteiger partial charge in [-0.2, -0.15) is 0 Å². The number of benzene rings is 14. The number of hydrogen-bond donors (Lipinski definition) is 0. The van der Waals surface area contributed by atoms with Crippen LogP contribution in [0.5, 0.6) is 0 Å². The molecule has 0 bridgehead atoms. The Bertz CT molecular complexity index is 7360.